The molecule has 0 radical (unpaired) electrons. The molecule has 0 unspecified atom stereocenters. The normalized spacial score (nSPS) is 7.88. The molecule has 0 spiro atoms. The van der Waals surface area contributed by atoms with Crippen molar-refractivity contribution in [3.8, 4) is 6.07 Å². The second kappa shape index (κ2) is 4.09. The van der Waals surface area contributed by atoms with Crippen LogP contribution >= 0.6 is 0 Å². The van der Waals surface area contributed by atoms with Crippen molar-refractivity contribution < 1.29 is 14.6 Å². The minimum absolute atomic E-state index is 0.160. The molecule has 0 heterocycles. The van der Waals surface area contributed by atoms with Crippen LogP contribution in [-0.4, -0.2) is 24.3 Å². The van der Waals surface area contributed by atoms with Gasteiger partial charge in [-0.25, -0.2) is 4.79 Å². The van der Waals surface area contributed by atoms with Gasteiger partial charge in [0.05, 0.1) is 6.07 Å². The number of hydrogen-bond acceptors (Lipinski definition) is 3. The van der Waals surface area contributed by atoms with Gasteiger partial charge in [0.15, 0.2) is 0 Å². The zero-order valence-electron chi connectivity index (χ0n) is 4.13. The molecule has 0 fully saturated rings. The fourth-order valence-corrected chi connectivity index (χ4v) is 0.184. The lowest BCUT2D eigenvalue weighted by molar-refractivity contribution is -0.141. The Hall–Kier alpha value is -1.08. The number of aliphatic carboxylic acids is 1. The van der Waals surface area contributed by atoms with Crippen LogP contribution in [0.4, 0.5) is 0 Å². The van der Waals surface area contributed by atoms with Gasteiger partial charge in [-0.2, -0.15) is 5.26 Å². The van der Waals surface area contributed by atoms with Crippen LogP contribution in [0.3, 0.4) is 0 Å². The fourth-order valence-electron chi connectivity index (χ4n) is 0.184. The second-order valence-corrected chi connectivity index (χ2v) is 1.04. The molecule has 0 aromatic rings. The van der Waals surface area contributed by atoms with Gasteiger partial charge in [-0.15, -0.1) is 0 Å². The van der Waals surface area contributed by atoms with Gasteiger partial charge in [-0.05, 0) is 0 Å². The first kappa shape index (κ1) is 6.92. The Labute approximate surface area is 46.3 Å². The maximum Gasteiger partial charge on any atom is 0.329 e. The highest BCUT2D eigenvalue weighted by Crippen LogP contribution is 1.70. The van der Waals surface area contributed by atoms with Crippen LogP contribution in [0.15, 0.2) is 0 Å². The summed E-state index contributed by atoms with van der Waals surface area (Å²) in [7, 11) is 0. The minimum atomic E-state index is -1.06. The van der Waals surface area contributed by atoms with Crippen LogP contribution in [0.2, 0.25) is 0 Å². The minimum Gasteiger partial charge on any atom is -0.480 e. The van der Waals surface area contributed by atoms with Crippen LogP contribution in [0.5, 0.6) is 0 Å². The number of carboxylic acids is 1. The van der Waals surface area contributed by atoms with Gasteiger partial charge in [-0.3, -0.25) is 0 Å². The third-order valence-corrected chi connectivity index (χ3v) is 0.392. The van der Waals surface area contributed by atoms with Gasteiger partial charge in [0.1, 0.15) is 13.2 Å². The Morgan fingerprint density at radius 1 is 1.88 bits per heavy atom. The molecule has 8 heavy (non-hydrogen) atoms. The number of carboxylic acid groups (broad SMARTS) is 1. The zero-order chi connectivity index (χ0) is 6.41. The molecular weight excluding hydrogens is 110 g/mol. The Kier molecular flexibility index (Phi) is 3.54. The van der Waals surface area contributed by atoms with Crippen LogP contribution in [0.25, 0.3) is 0 Å². The Balaban J connectivity index is 2.97. The quantitative estimate of drug-likeness (QED) is 0.508. The molecule has 0 aromatic heterocycles. The lowest BCUT2D eigenvalue weighted by Gasteiger charge is -1.88. The van der Waals surface area contributed by atoms with Crippen molar-refractivity contribution in [3.05, 3.63) is 0 Å². The van der Waals surface area contributed by atoms with Crippen molar-refractivity contribution >= 4 is 5.97 Å². The predicted molar refractivity (Wildman–Crippen MR) is 24.1 cm³/mol. The van der Waals surface area contributed by atoms with Crippen LogP contribution in [-0.2, 0) is 9.53 Å². The molecule has 0 bridgehead atoms. The molecule has 0 amide bonds. The first-order chi connectivity index (χ1) is 3.77. The van der Waals surface area contributed by atoms with Crippen molar-refractivity contribution in [2.75, 3.05) is 13.2 Å². The standard InChI is InChI=1S/C4H5NO3/c5-1-2-8-3-4(6)7/h2-3H2,(H,6,7). The van der Waals surface area contributed by atoms with Gasteiger partial charge in [0, 0.05) is 0 Å². The van der Waals surface area contributed by atoms with Gasteiger partial charge in [-0.1, -0.05) is 0 Å². The van der Waals surface area contributed by atoms with E-state index in [2.05, 4.69) is 4.74 Å². The maximum atomic E-state index is 9.64. The van der Waals surface area contributed by atoms with Crippen molar-refractivity contribution in [1.82, 2.24) is 0 Å². The molecular formula is C4H5NO3. The first-order valence-corrected chi connectivity index (χ1v) is 1.94. The number of rotatable bonds is 3. The molecule has 44 valence electrons. The van der Waals surface area contributed by atoms with E-state index in [0.717, 1.165) is 0 Å². The van der Waals surface area contributed by atoms with Crippen molar-refractivity contribution in [2.24, 2.45) is 0 Å². The molecule has 0 aliphatic heterocycles. The first-order valence-electron chi connectivity index (χ1n) is 1.94. The van der Waals surface area contributed by atoms with E-state index in [4.69, 9.17) is 10.4 Å². The lowest BCUT2D eigenvalue weighted by Crippen LogP contribution is -2.06. The molecule has 0 saturated carbocycles. The van der Waals surface area contributed by atoms with Gasteiger partial charge in [0.25, 0.3) is 0 Å². The summed E-state index contributed by atoms with van der Waals surface area (Å²) in [5.41, 5.74) is 0. The number of carbonyl (C=O) groups is 1. The van der Waals surface area contributed by atoms with E-state index < -0.39 is 12.6 Å². The maximum absolute atomic E-state index is 9.64. The summed E-state index contributed by atoms with van der Waals surface area (Å²) in [6.45, 7) is -0.556. The van der Waals surface area contributed by atoms with E-state index in [1.807, 2.05) is 0 Å². The van der Waals surface area contributed by atoms with E-state index in [1.54, 1.807) is 6.07 Å². The highest BCUT2D eigenvalue weighted by atomic mass is 16.5. The molecule has 0 saturated heterocycles. The van der Waals surface area contributed by atoms with Gasteiger partial charge in [0.2, 0.25) is 0 Å². The average Bonchev–Trinajstić information content (AvgIpc) is 1.66. The number of hydrogen-bond donors (Lipinski definition) is 1. The third-order valence-electron chi connectivity index (χ3n) is 0.392. The van der Waals surface area contributed by atoms with Crippen LogP contribution in [0, 0.1) is 11.3 Å². The lowest BCUT2D eigenvalue weighted by atomic mass is 10.7. The summed E-state index contributed by atoms with van der Waals surface area (Å²) in [5.74, 6) is -1.06. The van der Waals surface area contributed by atoms with E-state index in [9.17, 15) is 4.79 Å². The highest BCUT2D eigenvalue weighted by molar-refractivity contribution is 5.67. The van der Waals surface area contributed by atoms with Crippen molar-refractivity contribution in [3.63, 3.8) is 0 Å². The summed E-state index contributed by atoms with van der Waals surface area (Å²) in [5, 5.41) is 15.7. The number of ether oxygens (including phenoxy) is 1. The fraction of sp³-hybridized carbons (Fsp3) is 0.500. The highest BCUT2D eigenvalue weighted by Gasteiger charge is 1.92. The van der Waals surface area contributed by atoms with Crippen LogP contribution in [0.1, 0.15) is 0 Å². The van der Waals surface area contributed by atoms with Gasteiger partial charge >= 0.3 is 5.97 Å². The summed E-state index contributed by atoms with van der Waals surface area (Å²) in [6, 6.07) is 1.64. The summed E-state index contributed by atoms with van der Waals surface area (Å²) in [4.78, 5) is 9.64. The van der Waals surface area contributed by atoms with E-state index >= 15 is 0 Å². The molecule has 4 nitrogen and oxygen atoms in total. The average molecular weight is 115 g/mol. The Morgan fingerprint density at radius 3 is 2.88 bits per heavy atom. The van der Waals surface area contributed by atoms with E-state index in [0.29, 0.717) is 0 Å². The Bertz CT molecular complexity index is 115. The summed E-state index contributed by atoms with van der Waals surface area (Å²) >= 11 is 0. The summed E-state index contributed by atoms with van der Waals surface area (Å²) in [6.07, 6.45) is 0. The van der Waals surface area contributed by atoms with Crippen molar-refractivity contribution in [2.45, 2.75) is 0 Å². The predicted octanol–water partition coefficient (Wildman–Crippen LogP) is -0.389. The molecule has 0 atom stereocenters. The molecule has 0 aliphatic carbocycles. The van der Waals surface area contributed by atoms with Crippen molar-refractivity contribution in [1.29, 1.82) is 5.26 Å². The van der Waals surface area contributed by atoms with E-state index in [1.165, 1.54) is 0 Å². The smallest absolute Gasteiger partial charge is 0.329 e. The van der Waals surface area contributed by atoms with E-state index in [-0.39, 0.29) is 6.61 Å². The topological polar surface area (TPSA) is 70.3 Å². The Morgan fingerprint density at radius 2 is 2.50 bits per heavy atom. The SMILES string of the molecule is N#CCOCC(=O)O. The van der Waals surface area contributed by atoms with Gasteiger partial charge < -0.3 is 9.84 Å². The monoisotopic (exact) mass is 115 g/mol. The molecule has 0 aromatic carbocycles. The molecule has 0 aliphatic rings. The second-order valence-electron chi connectivity index (χ2n) is 1.04. The largest absolute Gasteiger partial charge is 0.480 e. The molecule has 4 heteroatoms. The zero-order valence-corrected chi connectivity index (χ0v) is 4.13. The molecule has 1 N–H and O–H groups in total. The molecule has 0 rings (SSSR count). The third kappa shape index (κ3) is 4.92. The number of nitriles is 1. The number of nitrogens with zero attached hydrogens (tertiary/aromatic N) is 1. The van der Waals surface area contributed by atoms with Crippen LogP contribution < -0.4 is 0 Å². The summed E-state index contributed by atoms with van der Waals surface area (Å²) < 4.78 is 4.28.